The van der Waals surface area contributed by atoms with E-state index >= 15 is 0 Å². The predicted octanol–water partition coefficient (Wildman–Crippen LogP) is 2.80. The van der Waals surface area contributed by atoms with E-state index in [-0.39, 0.29) is 0 Å². The van der Waals surface area contributed by atoms with Crippen LogP contribution < -0.4 is 0 Å². The smallest absolute Gasteiger partial charge is 0.0926 e. The van der Waals surface area contributed by atoms with Crippen LogP contribution in [0.3, 0.4) is 0 Å². The van der Waals surface area contributed by atoms with Crippen molar-refractivity contribution in [1.29, 1.82) is 0 Å². The summed E-state index contributed by atoms with van der Waals surface area (Å²) < 4.78 is 5.58. The summed E-state index contributed by atoms with van der Waals surface area (Å²) in [6, 6.07) is 0. The fourth-order valence-electron chi connectivity index (χ4n) is 1.82. The molecule has 1 aliphatic heterocycles. The minimum absolute atomic E-state index is 0.299. The van der Waals surface area contributed by atoms with E-state index in [1.54, 1.807) is 0 Å². The highest BCUT2D eigenvalue weighted by Gasteiger charge is 2.08. The van der Waals surface area contributed by atoms with Crippen LogP contribution in [0.15, 0.2) is 11.8 Å². The third kappa shape index (κ3) is 4.66. The molecule has 0 radical (unpaired) electrons. The molecular formula is C12H23NO. The average molecular weight is 197 g/mol. The summed E-state index contributed by atoms with van der Waals surface area (Å²) >= 11 is 0. The van der Waals surface area contributed by atoms with E-state index in [0.717, 1.165) is 12.3 Å². The quantitative estimate of drug-likeness (QED) is 0.643. The first-order valence-electron chi connectivity index (χ1n) is 5.74. The molecule has 0 aliphatic carbocycles. The van der Waals surface area contributed by atoms with Crippen LogP contribution in [0, 0.1) is 0 Å². The highest BCUT2D eigenvalue weighted by Crippen LogP contribution is 2.09. The molecule has 14 heavy (non-hydrogen) atoms. The van der Waals surface area contributed by atoms with Crippen molar-refractivity contribution >= 4 is 0 Å². The van der Waals surface area contributed by atoms with Gasteiger partial charge in [0, 0.05) is 6.54 Å². The Kier molecular flexibility index (Phi) is 5.02. The van der Waals surface area contributed by atoms with Crippen LogP contribution in [0.25, 0.3) is 0 Å². The zero-order valence-corrected chi connectivity index (χ0v) is 9.75. The minimum atomic E-state index is 0.299. The molecule has 0 aromatic heterocycles. The van der Waals surface area contributed by atoms with E-state index in [2.05, 4.69) is 24.8 Å². The van der Waals surface area contributed by atoms with E-state index < -0.39 is 0 Å². The van der Waals surface area contributed by atoms with Crippen molar-refractivity contribution in [1.82, 2.24) is 4.90 Å². The molecule has 0 aromatic rings. The summed E-state index contributed by atoms with van der Waals surface area (Å²) in [6.07, 6.45) is 6.62. The van der Waals surface area contributed by atoms with Crippen LogP contribution in [0.1, 0.15) is 40.0 Å². The van der Waals surface area contributed by atoms with Crippen molar-refractivity contribution in [3.8, 4) is 0 Å². The van der Waals surface area contributed by atoms with Crippen molar-refractivity contribution in [3.63, 3.8) is 0 Å². The summed E-state index contributed by atoms with van der Waals surface area (Å²) in [4.78, 5) is 2.50. The molecule has 1 rings (SSSR count). The lowest BCUT2D eigenvalue weighted by atomic mass is 10.1. The summed E-state index contributed by atoms with van der Waals surface area (Å²) in [7, 11) is 0. The number of likely N-dealkylation sites (tertiary alicyclic amines) is 1. The first-order chi connectivity index (χ1) is 6.68. The van der Waals surface area contributed by atoms with Gasteiger partial charge in [0.15, 0.2) is 0 Å². The summed E-state index contributed by atoms with van der Waals surface area (Å²) in [5, 5.41) is 0. The second kappa shape index (κ2) is 6.07. The van der Waals surface area contributed by atoms with Crippen LogP contribution in [-0.4, -0.2) is 30.6 Å². The number of allylic oxidation sites excluding steroid dienone is 1. The third-order valence-corrected chi connectivity index (χ3v) is 2.51. The number of ether oxygens (including phenoxy) is 1. The molecule has 82 valence electrons. The fourth-order valence-corrected chi connectivity index (χ4v) is 1.82. The highest BCUT2D eigenvalue weighted by molar-refractivity contribution is 4.91. The second-order valence-corrected chi connectivity index (χ2v) is 4.34. The molecule has 1 saturated heterocycles. The lowest BCUT2D eigenvalue weighted by Gasteiger charge is -2.25. The van der Waals surface area contributed by atoms with Gasteiger partial charge in [0.1, 0.15) is 0 Å². The van der Waals surface area contributed by atoms with Gasteiger partial charge in [0.2, 0.25) is 0 Å². The molecule has 1 fully saturated rings. The van der Waals surface area contributed by atoms with Crippen LogP contribution in [-0.2, 0) is 4.74 Å². The van der Waals surface area contributed by atoms with Crippen molar-refractivity contribution < 1.29 is 4.74 Å². The van der Waals surface area contributed by atoms with E-state index in [1.807, 2.05) is 6.92 Å². The molecule has 0 spiro atoms. The molecule has 1 heterocycles. The van der Waals surface area contributed by atoms with Gasteiger partial charge in [-0.05, 0) is 52.8 Å². The molecule has 0 aromatic carbocycles. The van der Waals surface area contributed by atoms with Gasteiger partial charge in [-0.3, -0.25) is 4.90 Å². The number of nitrogens with zero attached hydrogens (tertiary/aromatic N) is 1. The Morgan fingerprint density at radius 3 is 2.50 bits per heavy atom. The van der Waals surface area contributed by atoms with Crippen LogP contribution in [0.5, 0.6) is 0 Å². The standard InChI is InChI=1S/C12H23NO/c1-11(2)14-12(3)7-10-13-8-5-4-6-9-13/h7,11H,4-6,8-10H2,1-3H3/b12-7-. The van der Waals surface area contributed by atoms with Crippen LogP contribution in [0.4, 0.5) is 0 Å². The third-order valence-electron chi connectivity index (χ3n) is 2.51. The number of hydrogen-bond acceptors (Lipinski definition) is 2. The fraction of sp³-hybridized carbons (Fsp3) is 0.833. The maximum atomic E-state index is 5.58. The molecule has 0 unspecified atom stereocenters. The summed E-state index contributed by atoms with van der Waals surface area (Å²) in [5.74, 6) is 1.06. The Labute approximate surface area is 87.9 Å². The van der Waals surface area contributed by atoms with Gasteiger partial charge in [0.25, 0.3) is 0 Å². The zero-order valence-electron chi connectivity index (χ0n) is 9.75. The maximum absolute atomic E-state index is 5.58. The molecule has 2 heteroatoms. The molecule has 0 bridgehead atoms. The Morgan fingerprint density at radius 2 is 1.93 bits per heavy atom. The monoisotopic (exact) mass is 197 g/mol. The van der Waals surface area contributed by atoms with Crippen molar-refractivity contribution in [2.24, 2.45) is 0 Å². The number of hydrogen-bond donors (Lipinski definition) is 0. The molecular weight excluding hydrogens is 174 g/mol. The maximum Gasteiger partial charge on any atom is 0.0926 e. The molecule has 0 atom stereocenters. The minimum Gasteiger partial charge on any atom is -0.496 e. The molecule has 0 amide bonds. The Bertz CT molecular complexity index is 181. The summed E-state index contributed by atoms with van der Waals surface area (Å²) in [5.41, 5.74) is 0. The molecule has 2 nitrogen and oxygen atoms in total. The largest absolute Gasteiger partial charge is 0.496 e. The first kappa shape index (κ1) is 11.6. The van der Waals surface area contributed by atoms with Gasteiger partial charge in [-0.1, -0.05) is 6.42 Å². The summed E-state index contributed by atoms with van der Waals surface area (Å²) in [6.45, 7) is 9.75. The Balaban J connectivity index is 2.22. The SMILES string of the molecule is C/C(=C/CN1CCCCC1)OC(C)C. The Hall–Kier alpha value is -0.500. The van der Waals surface area contributed by atoms with Crippen LogP contribution >= 0.6 is 0 Å². The van der Waals surface area contributed by atoms with Crippen molar-refractivity contribution in [2.75, 3.05) is 19.6 Å². The lowest BCUT2D eigenvalue weighted by molar-refractivity contribution is 0.146. The van der Waals surface area contributed by atoms with Crippen molar-refractivity contribution in [2.45, 2.75) is 46.1 Å². The normalized spacial score (nSPS) is 20.1. The van der Waals surface area contributed by atoms with Gasteiger partial charge < -0.3 is 4.74 Å². The van der Waals surface area contributed by atoms with Gasteiger partial charge in [-0.25, -0.2) is 0 Å². The van der Waals surface area contributed by atoms with Gasteiger partial charge >= 0.3 is 0 Å². The van der Waals surface area contributed by atoms with E-state index in [0.29, 0.717) is 6.10 Å². The topological polar surface area (TPSA) is 12.5 Å². The zero-order chi connectivity index (χ0) is 10.4. The first-order valence-corrected chi connectivity index (χ1v) is 5.74. The number of piperidine rings is 1. The predicted molar refractivity (Wildman–Crippen MR) is 60.3 cm³/mol. The Morgan fingerprint density at radius 1 is 1.29 bits per heavy atom. The van der Waals surface area contributed by atoms with E-state index in [4.69, 9.17) is 4.74 Å². The molecule has 1 aliphatic rings. The van der Waals surface area contributed by atoms with Gasteiger partial charge in [-0.15, -0.1) is 0 Å². The van der Waals surface area contributed by atoms with E-state index in [1.165, 1.54) is 32.4 Å². The second-order valence-electron chi connectivity index (χ2n) is 4.34. The molecule has 0 N–H and O–H groups in total. The number of rotatable bonds is 4. The highest BCUT2D eigenvalue weighted by atomic mass is 16.5. The van der Waals surface area contributed by atoms with E-state index in [9.17, 15) is 0 Å². The lowest BCUT2D eigenvalue weighted by Crippen LogP contribution is -2.29. The van der Waals surface area contributed by atoms with Gasteiger partial charge in [0.05, 0.1) is 11.9 Å². The van der Waals surface area contributed by atoms with Crippen molar-refractivity contribution in [3.05, 3.63) is 11.8 Å². The van der Waals surface area contributed by atoms with Gasteiger partial charge in [-0.2, -0.15) is 0 Å². The average Bonchev–Trinajstić information content (AvgIpc) is 2.15. The molecule has 0 saturated carbocycles. The van der Waals surface area contributed by atoms with Crippen LogP contribution in [0.2, 0.25) is 0 Å².